The lowest BCUT2D eigenvalue weighted by atomic mass is 10.2. The Kier molecular flexibility index (Phi) is 4.65. The highest BCUT2D eigenvalue weighted by atomic mass is 16.2. The van der Waals surface area contributed by atoms with Crippen molar-refractivity contribution in [3.63, 3.8) is 0 Å². The predicted octanol–water partition coefficient (Wildman–Crippen LogP) is 2.25. The van der Waals surface area contributed by atoms with E-state index in [0.29, 0.717) is 18.8 Å². The summed E-state index contributed by atoms with van der Waals surface area (Å²) in [5.74, 6) is 0.581. The van der Waals surface area contributed by atoms with Crippen LogP contribution in [0.5, 0.6) is 0 Å². The third-order valence-corrected chi connectivity index (χ3v) is 3.71. The molecule has 2 aromatic heterocycles. The van der Waals surface area contributed by atoms with Gasteiger partial charge in [0.25, 0.3) is 5.91 Å². The lowest BCUT2D eigenvalue weighted by molar-refractivity contribution is 0.0943. The third kappa shape index (κ3) is 3.48. The van der Waals surface area contributed by atoms with Gasteiger partial charge in [0.15, 0.2) is 0 Å². The van der Waals surface area contributed by atoms with Gasteiger partial charge < -0.3 is 5.32 Å². The highest BCUT2D eigenvalue weighted by Gasteiger charge is 2.15. The number of amides is 1. The van der Waals surface area contributed by atoms with E-state index in [0.717, 1.165) is 16.9 Å². The number of hydrogen-bond acceptors (Lipinski definition) is 4. The minimum atomic E-state index is -0.277. The summed E-state index contributed by atoms with van der Waals surface area (Å²) in [5.41, 5.74) is 2.94. The van der Waals surface area contributed by atoms with E-state index in [-0.39, 0.29) is 11.7 Å². The number of rotatable bonds is 5. The summed E-state index contributed by atoms with van der Waals surface area (Å²) in [6.07, 6.45) is 2.41. The maximum atomic E-state index is 12.2. The van der Waals surface area contributed by atoms with Gasteiger partial charge in [-0.25, -0.2) is 9.67 Å². The molecule has 0 fully saturated rings. The number of carbonyl (C=O) groups excluding carboxylic acids is 1. The molecule has 0 bridgehead atoms. The van der Waals surface area contributed by atoms with E-state index >= 15 is 0 Å². The second kappa shape index (κ2) is 7.04. The van der Waals surface area contributed by atoms with E-state index < -0.39 is 0 Å². The van der Waals surface area contributed by atoms with E-state index in [1.165, 1.54) is 0 Å². The standard InChI is InChI=1S/C18H19N5O/c1-13-7-3-4-9-16(13)23-14(2)21-17(22-23)18(24)20-12-10-15-8-5-6-11-19-15/h3-9,11H,10,12H2,1-2H3,(H,20,24). The predicted molar refractivity (Wildman–Crippen MR) is 91.1 cm³/mol. The van der Waals surface area contributed by atoms with Crippen molar-refractivity contribution in [3.05, 3.63) is 71.6 Å². The summed E-state index contributed by atoms with van der Waals surface area (Å²) in [7, 11) is 0. The van der Waals surface area contributed by atoms with Crippen LogP contribution in [-0.2, 0) is 6.42 Å². The average molecular weight is 321 g/mol. The van der Waals surface area contributed by atoms with Crippen molar-refractivity contribution in [2.45, 2.75) is 20.3 Å². The molecule has 0 saturated heterocycles. The van der Waals surface area contributed by atoms with Crippen LogP contribution < -0.4 is 5.32 Å². The molecule has 0 aliphatic carbocycles. The Hall–Kier alpha value is -3.02. The zero-order valence-corrected chi connectivity index (χ0v) is 13.7. The van der Waals surface area contributed by atoms with Gasteiger partial charge in [0, 0.05) is 24.9 Å². The summed E-state index contributed by atoms with van der Waals surface area (Å²) in [6, 6.07) is 13.6. The second-order valence-corrected chi connectivity index (χ2v) is 5.51. The van der Waals surface area contributed by atoms with Gasteiger partial charge in [-0.3, -0.25) is 9.78 Å². The van der Waals surface area contributed by atoms with Crippen molar-refractivity contribution in [3.8, 4) is 5.69 Å². The zero-order chi connectivity index (χ0) is 16.9. The molecule has 0 spiro atoms. The summed E-state index contributed by atoms with van der Waals surface area (Å²) in [5, 5.41) is 7.18. The first-order chi connectivity index (χ1) is 11.6. The molecule has 3 aromatic rings. The molecule has 1 aromatic carbocycles. The highest BCUT2D eigenvalue weighted by molar-refractivity contribution is 5.90. The second-order valence-electron chi connectivity index (χ2n) is 5.51. The van der Waals surface area contributed by atoms with Crippen LogP contribution in [0.4, 0.5) is 0 Å². The smallest absolute Gasteiger partial charge is 0.290 e. The molecule has 0 aliphatic heterocycles. The van der Waals surface area contributed by atoms with Gasteiger partial charge in [-0.2, -0.15) is 0 Å². The van der Waals surface area contributed by atoms with Crippen LogP contribution in [0.25, 0.3) is 5.69 Å². The molecule has 0 saturated carbocycles. The van der Waals surface area contributed by atoms with Crippen LogP contribution in [0.1, 0.15) is 27.7 Å². The van der Waals surface area contributed by atoms with E-state index in [2.05, 4.69) is 20.4 Å². The Bertz CT molecular complexity index is 842. The van der Waals surface area contributed by atoms with Crippen molar-refractivity contribution in [1.29, 1.82) is 0 Å². The van der Waals surface area contributed by atoms with Crippen molar-refractivity contribution in [2.75, 3.05) is 6.54 Å². The maximum absolute atomic E-state index is 12.2. The van der Waals surface area contributed by atoms with Crippen LogP contribution in [0.15, 0.2) is 48.7 Å². The van der Waals surface area contributed by atoms with Gasteiger partial charge in [0.1, 0.15) is 5.82 Å². The zero-order valence-electron chi connectivity index (χ0n) is 13.7. The molecular weight excluding hydrogens is 302 g/mol. The summed E-state index contributed by atoms with van der Waals surface area (Å²) in [6.45, 7) is 4.33. The largest absolute Gasteiger partial charge is 0.349 e. The molecule has 0 aliphatic rings. The van der Waals surface area contributed by atoms with E-state index in [4.69, 9.17) is 0 Å². The molecule has 6 nitrogen and oxygen atoms in total. The van der Waals surface area contributed by atoms with E-state index in [1.807, 2.05) is 56.3 Å². The first-order valence-corrected chi connectivity index (χ1v) is 7.83. The van der Waals surface area contributed by atoms with Crippen LogP contribution in [-0.4, -0.2) is 32.2 Å². The number of pyridine rings is 1. The Morgan fingerprint density at radius 3 is 2.67 bits per heavy atom. The summed E-state index contributed by atoms with van der Waals surface area (Å²) >= 11 is 0. The number of hydrogen-bond donors (Lipinski definition) is 1. The van der Waals surface area contributed by atoms with Crippen LogP contribution in [0.3, 0.4) is 0 Å². The molecule has 1 N–H and O–H groups in total. The topological polar surface area (TPSA) is 72.7 Å². The van der Waals surface area contributed by atoms with E-state index in [9.17, 15) is 4.79 Å². The van der Waals surface area contributed by atoms with Crippen molar-refractivity contribution < 1.29 is 4.79 Å². The molecule has 6 heteroatoms. The number of nitrogens with one attached hydrogen (secondary N) is 1. The number of aromatic nitrogens is 4. The summed E-state index contributed by atoms with van der Waals surface area (Å²) < 4.78 is 1.70. The Morgan fingerprint density at radius 1 is 1.12 bits per heavy atom. The average Bonchev–Trinajstić information content (AvgIpc) is 2.98. The number of para-hydroxylation sites is 1. The molecule has 1 amide bonds. The van der Waals surface area contributed by atoms with Gasteiger partial charge in [0.2, 0.25) is 5.82 Å². The van der Waals surface area contributed by atoms with E-state index in [1.54, 1.807) is 10.9 Å². The first kappa shape index (κ1) is 15.9. The van der Waals surface area contributed by atoms with Gasteiger partial charge >= 0.3 is 0 Å². The quantitative estimate of drug-likeness (QED) is 0.782. The molecule has 122 valence electrons. The van der Waals surface area contributed by atoms with Crippen molar-refractivity contribution >= 4 is 5.91 Å². The molecule has 0 atom stereocenters. The lowest BCUT2D eigenvalue weighted by Crippen LogP contribution is -2.27. The monoisotopic (exact) mass is 321 g/mol. The fourth-order valence-electron chi connectivity index (χ4n) is 2.44. The van der Waals surface area contributed by atoms with Gasteiger partial charge in [-0.05, 0) is 37.6 Å². The molecule has 0 radical (unpaired) electrons. The SMILES string of the molecule is Cc1ccccc1-n1nc(C(=O)NCCc2ccccn2)nc1C. The van der Waals surface area contributed by atoms with Gasteiger partial charge in [-0.15, -0.1) is 5.10 Å². The first-order valence-electron chi connectivity index (χ1n) is 7.83. The fraction of sp³-hybridized carbons (Fsp3) is 0.222. The van der Waals surface area contributed by atoms with Gasteiger partial charge in [0.05, 0.1) is 5.69 Å². The lowest BCUT2D eigenvalue weighted by Gasteiger charge is -2.05. The minimum absolute atomic E-state index is 0.178. The number of benzene rings is 1. The number of nitrogens with zero attached hydrogens (tertiary/aromatic N) is 4. The van der Waals surface area contributed by atoms with Crippen LogP contribution >= 0.6 is 0 Å². The fourth-order valence-corrected chi connectivity index (χ4v) is 2.44. The number of aryl methyl sites for hydroxylation is 2. The van der Waals surface area contributed by atoms with Crippen molar-refractivity contribution in [1.82, 2.24) is 25.1 Å². The molecule has 24 heavy (non-hydrogen) atoms. The highest BCUT2D eigenvalue weighted by Crippen LogP contribution is 2.14. The minimum Gasteiger partial charge on any atom is -0.349 e. The Balaban J connectivity index is 1.68. The third-order valence-electron chi connectivity index (χ3n) is 3.71. The molecule has 2 heterocycles. The Morgan fingerprint density at radius 2 is 1.92 bits per heavy atom. The normalized spacial score (nSPS) is 10.6. The maximum Gasteiger partial charge on any atom is 0.290 e. The number of carbonyl (C=O) groups is 1. The van der Waals surface area contributed by atoms with Crippen LogP contribution in [0.2, 0.25) is 0 Å². The van der Waals surface area contributed by atoms with Crippen LogP contribution in [0, 0.1) is 13.8 Å². The van der Waals surface area contributed by atoms with Gasteiger partial charge in [-0.1, -0.05) is 24.3 Å². The molecule has 0 unspecified atom stereocenters. The molecular formula is C18H19N5O. The Labute approximate surface area is 140 Å². The van der Waals surface area contributed by atoms with Crippen molar-refractivity contribution in [2.24, 2.45) is 0 Å². The molecule has 3 rings (SSSR count). The summed E-state index contributed by atoms with van der Waals surface area (Å²) in [4.78, 5) is 20.8.